The highest BCUT2D eigenvalue weighted by Gasteiger charge is 1.99. The molecule has 0 saturated heterocycles. The van der Waals surface area contributed by atoms with Crippen LogP contribution in [0.15, 0.2) is 84.0 Å². The smallest absolute Gasteiger partial charge is 0.169 e. The predicted octanol–water partition coefficient (Wildman–Crippen LogP) is 3.56. The molecular formula is C20H21NO3S. The van der Waals surface area contributed by atoms with Crippen molar-refractivity contribution in [2.24, 2.45) is 0 Å². The van der Waals surface area contributed by atoms with Crippen molar-refractivity contribution in [3.8, 4) is 11.1 Å². The van der Waals surface area contributed by atoms with Crippen molar-refractivity contribution in [3.05, 3.63) is 84.7 Å². The number of hydrogen-bond donors (Lipinski definition) is 0. The van der Waals surface area contributed by atoms with Gasteiger partial charge in [0.1, 0.15) is 16.7 Å². The highest BCUT2D eigenvalue weighted by atomic mass is 32.2. The van der Waals surface area contributed by atoms with Crippen LogP contribution < -0.4 is 4.57 Å². The van der Waals surface area contributed by atoms with Gasteiger partial charge >= 0.3 is 0 Å². The van der Waals surface area contributed by atoms with Crippen molar-refractivity contribution in [3.63, 3.8) is 0 Å². The SMILES string of the molecule is CC[n+]1ccc(-c2ccccc2)cc1.Cc1ccc(S(=O)(=O)[O-])cc1. The molecule has 5 heteroatoms. The van der Waals surface area contributed by atoms with Gasteiger partial charge in [0.15, 0.2) is 12.4 Å². The maximum absolute atomic E-state index is 10.4. The molecule has 0 aliphatic heterocycles. The second-order valence-corrected chi connectivity index (χ2v) is 6.93. The highest BCUT2D eigenvalue weighted by Crippen LogP contribution is 2.16. The molecule has 130 valence electrons. The molecule has 0 spiro atoms. The lowest BCUT2D eigenvalue weighted by molar-refractivity contribution is -0.693. The second-order valence-electron chi connectivity index (χ2n) is 5.55. The van der Waals surface area contributed by atoms with E-state index in [9.17, 15) is 13.0 Å². The first-order valence-electron chi connectivity index (χ1n) is 7.97. The molecule has 0 atom stereocenters. The van der Waals surface area contributed by atoms with Crippen LogP contribution in [-0.2, 0) is 16.7 Å². The minimum absolute atomic E-state index is 0.178. The fraction of sp³-hybridized carbons (Fsp3) is 0.150. The number of rotatable bonds is 3. The zero-order valence-electron chi connectivity index (χ0n) is 14.3. The van der Waals surface area contributed by atoms with Crippen molar-refractivity contribution >= 4 is 10.1 Å². The van der Waals surface area contributed by atoms with Crippen LogP contribution in [0.2, 0.25) is 0 Å². The summed E-state index contributed by atoms with van der Waals surface area (Å²) in [5, 5.41) is 0. The van der Waals surface area contributed by atoms with E-state index in [0.717, 1.165) is 12.1 Å². The quantitative estimate of drug-likeness (QED) is 0.533. The molecule has 1 heterocycles. The van der Waals surface area contributed by atoms with Crippen LogP contribution in [0.3, 0.4) is 0 Å². The first kappa shape index (κ1) is 18.8. The van der Waals surface area contributed by atoms with Gasteiger partial charge < -0.3 is 4.55 Å². The van der Waals surface area contributed by atoms with E-state index in [2.05, 4.69) is 60.3 Å². The lowest BCUT2D eigenvalue weighted by Gasteiger charge is -2.05. The third kappa shape index (κ3) is 5.81. The summed E-state index contributed by atoms with van der Waals surface area (Å²) in [7, 11) is -4.27. The van der Waals surface area contributed by atoms with Crippen LogP contribution in [0.1, 0.15) is 12.5 Å². The minimum Gasteiger partial charge on any atom is -0.744 e. The van der Waals surface area contributed by atoms with Crippen LogP contribution in [0, 0.1) is 6.92 Å². The summed E-state index contributed by atoms with van der Waals surface area (Å²) in [5.41, 5.74) is 3.48. The first-order valence-corrected chi connectivity index (χ1v) is 9.38. The van der Waals surface area contributed by atoms with Gasteiger partial charge in [0, 0.05) is 12.1 Å². The number of aryl methyl sites for hydroxylation is 2. The van der Waals surface area contributed by atoms with Gasteiger partial charge in [-0.1, -0.05) is 48.0 Å². The number of pyridine rings is 1. The number of aromatic nitrogens is 1. The molecule has 4 nitrogen and oxygen atoms in total. The Balaban J connectivity index is 0.000000186. The average Bonchev–Trinajstić information content (AvgIpc) is 2.63. The third-order valence-corrected chi connectivity index (χ3v) is 4.52. The van der Waals surface area contributed by atoms with Gasteiger partial charge in [-0.2, -0.15) is 0 Å². The molecule has 2 aromatic carbocycles. The number of benzene rings is 2. The minimum atomic E-state index is -4.27. The molecule has 0 fully saturated rings. The summed E-state index contributed by atoms with van der Waals surface area (Å²) in [6.07, 6.45) is 4.23. The molecule has 0 bridgehead atoms. The molecule has 0 saturated carbocycles. The summed E-state index contributed by atoms with van der Waals surface area (Å²) < 4.78 is 33.3. The topological polar surface area (TPSA) is 61.1 Å². The summed E-state index contributed by atoms with van der Waals surface area (Å²) in [6.45, 7) is 4.98. The van der Waals surface area contributed by atoms with E-state index in [0.29, 0.717) is 0 Å². The summed E-state index contributed by atoms with van der Waals surface area (Å²) in [5.74, 6) is 0. The molecule has 0 amide bonds. The second kappa shape index (κ2) is 8.55. The molecule has 3 aromatic rings. The van der Waals surface area contributed by atoms with E-state index in [4.69, 9.17) is 0 Å². The molecule has 3 rings (SSSR count). The Bertz CT molecular complexity index is 888. The molecule has 0 radical (unpaired) electrons. The van der Waals surface area contributed by atoms with Crippen LogP contribution in [-0.4, -0.2) is 13.0 Å². The molecule has 0 aliphatic rings. The molecule has 0 N–H and O–H groups in total. The normalized spacial score (nSPS) is 10.7. The summed E-state index contributed by atoms with van der Waals surface area (Å²) >= 11 is 0. The fourth-order valence-corrected chi connectivity index (χ4v) is 2.67. The van der Waals surface area contributed by atoms with E-state index in [1.165, 1.54) is 23.3 Å². The zero-order valence-corrected chi connectivity index (χ0v) is 15.1. The van der Waals surface area contributed by atoms with Gasteiger partial charge in [-0.3, -0.25) is 0 Å². The zero-order chi connectivity index (χ0) is 18.3. The summed E-state index contributed by atoms with van der Waals surface area (Å²) in [6, 6.07) is 20.5. The van der Waals surface area contributed by atoms with Gasteiger partial charge in [0.2, 0.25) is 0 Å². The Morgan fingerprint density at radius 3 is 1.84 bits per heavy atom. The van der Waals surface area contributed by atoms with E-state index in [1.807, 2.05) is 13.0 Å². The van der Waals surface area contributed by atoms with E-state index >= 15 is 0 Å². The number of nitrogens with zero attached hydrogens (tertiary/aromatic N) is 1. The standard InChI is InChI=1S/C13H14N.C7H8O3S/c1-2-14-10-8-13(9-11-14)12-6-4-3-5-7-12;1-6-2-4-7(5-3-6)11(8,9)10/h3-11H,2H2,1H3;2-5H,1H3,(H,8,9,10)/q+1;/p-1. The van der Waals surface area contributed by atoms with Gasteiger partial charge in [-0.25, -0.2) is 13.0 Å². The van der Waals surface area contributed by atoms with Gasteiger partial charge in [0.25, 0.3) is 0 Å². The van der Waals surface area contributed by atoms with Crippen LogP contribution >= 0.6 is 0 Å². The Morgan fingerprint density at radius 2 is 1.36 bits per heavy atom. The van der Waals surface area contributed by atoms with Crippen molar-refractivity contribution in [2.75, 3.05) is 0 Å². The van der Waals surface area contributed by atoms with E-state index in [-0.39, 0.29) is 4.90 Å². The molecular weight excluding hydrogens is 334 g/mol. The maximum atomic E-state index is 10.4. The summed E-state index contributed by atoms with van der Waals surface area (Å²) in [4.78, 5) is -0.178. The predicted molar refractivity (Wildman–Crippen MR) is 96.9 cm³/mol. The fourth-order valence-electron chi connectivity index (χ4n) is 2.20. The average molecular weight is 355 g/mol. The van der Waals surface area contributed by atoms with E-state index in [1.54, 1.807) is 12.1 Å². The lowest BCUT2D eigenvalue weighted by Crippen LogP contribution is -2.30. The van der Waals surface area contributed by atoms with Crippen molar-refractivity contribution < 1.29 is 17.5 Å². The highest BCUT2D eigenvalue weighted by molar-refractivity contribution is 7.85. The number of hydrogen-bond acceptors (Lipinski definition) is 3. The van der Waals surface area contributed by atoms with Crippen LogP contribution in [0.5, 0.6) is 0 Å². The van der Waals surface area contributed by atoms with Crippen molar-refractivity contribution in [2.45, 2.75) is 25.3 Å². The first-order chi connectivity index (χ1) is 11.9. The van der Waals surface area contributed by atoms with Crippen LogP contribution in [0.25, 0.3) is 11.1 Å². The van der Waals surface area contributed by atoms with Gasteiger partial charge in [-0.15, -0.1) is 0 Å². The largest absolute Gasteiger partial charge is 0.744 e. The molecule has 0 aliphatic carbocycles. The molecule has 0 unspecified atom stereocenters. The van der Waals surface area contributed by atoms with Crippen LogP contribution in [0.4, 0.5) is 0 Å². The Labute approximate surface area is 149 Å². The Kier molecular flexibility index (Phi) is 6.44. The molecule has 1 aromatic heterocycles. The monoisotopic (exact) mass is 355 g/mol. The van der Waals surface area contributed by atoms with Crippen molar-refractivity contribution in [1.82, 2.24) is 0 Å². The van der Waals surface area contributed by atoms with Crippen molar-refractivity contribution in [1.29, 1.82) is 0 Å². The van der Waals surface area contributed by atoms with Gasteiger partial charge in [-0.05, 0) is 37.1 Å². The molecule has 25 heavy (non-hydrogen) atoms. The van der Waals surface area contributed by atoms with Gasteiger partial charge in [0.05, 0.1) is 4.90 Å². The van der Waals surface area contributed by atoms with E-state index < -0.39 is 10.1 Å². The maximum Gasteiger partial charge on any atom is 0.169 e. The Hall–Kier alpha value is -2.50. The third-order valence-electron chi connectivity index (χ3n) is 3.67. The Morgan fingerprint density at radius 1 is 0.840 bits per heavy atom. The lowest BCUT2D eigenvalue weighted by atomic mass is 10.1.